The fourth-order valence-electron chi connectivity index (χ4n) is 1.26. The summed E-state index contributed by atoms with van der Waals surface area (Å²) in [5.74, 6) is -0.0150. The van der Waals surface area contributed by atoms with Gasteiger partial charge in [-0.25, -0.2) is 4.39 Å². The first kappa shape index (κ1) is 11.8. The van der Waals surface area contributed by atoms with Crippen LogP contribution in [-0.2, 0) is 6.42 Å². The molecule has 0 aliphatic carbocycles. The quantitative estimate of drug-likeness (QED) is 0.851. The molecule has 0 aromatic heterocycles. The highest BCUT2D eigenvalue weighted by atomic mass is 79.9. The van der Waals surface area contributed by atoms with Gasteiger partial charge < -0.3 is 9.47 Å². The maximum Gasteiger partial charge on any atom is 0.172 e. The molecule has 0 fully saturated rings. The minimum absolute atomic E-state index is 0.0774. The lowest BCUT2D eigenvalue weighted by atomic mass is 10.1. The Morgan fingerprint density at radius 1 is 1.40 bits per heavy atom. The summed E-state index contributed by atoms with van der Waals surface area (Å²) in [7, 11) is 2.82. The van der Waals surface area contributed by atoms with Crippen LogP contribution in [0.3, 0.4) is 0 Å². The lowest BCUT2D eigenvalue weighted by Crippen LogP contribution is -1.98. The molecule has 0 bridgehead atoms. The molecule has 5 heteroatoms. The summed E-state index contributed by atoms with van der Waals surface area (Å²) in [6.45, 7) is 0. The van der Waals surface area contributed by atoms with E-state index in [1.807, 2.05) is 6.07 Å². The Balaban J connectivity index is 3.38. The summed E-state index contributed by atoms with van der Waals surface area (Å²) in [6.07, 6.45) is 0.0860. The molecule has 80 valence electrons. The Kier molecular flexibility index (Phi) is 3.92. The molecule has 0 unspecified atom stereocenters. The number of methoxy groups -OCH3 is 2. The zero-order valence-electron chi connectivity index (χ0n) is 8.30. The van der Waals surface area contributed by atoms with Crippen molar-refractivity contribution in [3.8, 4) is 17.6 Å². The molecule has 0 atom stereocenters. The van der Waals surface area contributed by atoms with Crippen LogP contribution in [0.25, 0.3) is 0 Å². The van der Waals surface area contributed by atoms with Gasteiger partial charge in [0.2, 0.25) is 0 Å². The third-order valence-corrected chi connectivity index (χ3v) is 2.61. The highest BCUT2D eigenvalue weighted by Crippen LogP contribution is 2.39. The molecule has 0 saturated heterocycles. The molecule has 0 amide bonds. The minimum Gasteiger partial charge on any atom is -0.495 e. The summed E-state index contributed by atoms with van der Waals surface area (Å²) < 4.78 is 23.8. The van der Waals surface area contributed by atoms with Crippen LogP contribution in [0.15, 0.2) is 10.5 Å². The molecule has 0 heterocycles. The van der Waals surface area contributed by atoms with Crippen molar-refractivity contribution < 1.29 is 13.9 Å². The third-order valence-electron chi connectivity index (χ3n) is 1.89. The zero-order chi connectivity index (χ0) is 11.4. The van der Waals surface area contributed by atoms with Crippen molar-refractivity contribution in [2.24, 2.45) is 0 Å². The molecule has 0 radical (unpaired) electrons. The average molecular weight is 274 g/mol. The van der Waals surface area contributed by atoms with E-state index < -0.39 is 5.82 Å². The van der Waals surface area contributed by atoms with Gasteiger partial charge in [-0.2, -0.15) is 5.26 Å². The first-order chi connectivity index (χ1) is 7.15. The van der Waals surface area contributed by atoms with E-state index in [-0.39, 0.29) is 12.2 Å². The molecule has 0 saturated carbocycles. The van der Waals surface area contributed by atoms with Crippen molar-refractivity contribution in [3.05, 3.63) is 21.9 Å². The summed E-state index contributed by atoms with van der Waals surface area (Å²) >= 11 is 3.17. The summed E-state index contributed by atoms with van der Waals surface area (Å²) in [5, 5.41) is 8.57. The molecule has 0 aliphatic heterocycles. The number of hydrogen-bond acceptors (Lipinski definition) is 3. The Bertz CT molecular complexity index is 415. The van der Waals surface area contributed by atoms with Crippen LogP contribution in [0.2, 0.25) is 0 Å². The molecule has 0 spiro atoms. The van der Waals surface area contributed by atoms with E-state index in [0.29, 0.717) is 15.8 Å². The van der Waals surface area contributed by atoms with Crippen molar-refractivity contribution in [2.45, 2.75) is 6.42 Å². The van der Waals surface area contributed by atoms with Gasteiger partial charge >= 0.3 is 0 Å². The zero-order valence-corrected chi connectivity index (χ0v) is 9.89. The van der Waals surface area contributed by atoms with E-state index >= 15 is 0 Å². The van der Waals surface area contributed by atoms with Crippen LogP contribution in [0, 0.1) is 17.1 Å². The molecular weight excluding hydrogens is 265 g/mol. The standard InChI is InChI=1S/C10H9BrFNO2/c1-14-9-6(3-4-13)5-7(12)10(15-2)8(9)11/h5H,3H2,1-2H3. The van der Waals surface area contributed by atoms with Crippen LogP contribution in [-0.4, -0.2) is 14.2 Å². The molecule has 1 aromatic rings. The van der Waals surface area contributed by atoms with Crippen LogP contribution in [0.1, 0.15) is 5.56 Å². The third kappa shape index (κ3) is 2.21. The second-order valence-electron chi connectivity index (χ2n) is 2.73. The number of benzene rings is 1. The van der Waals surface area contributed by atoms with Crippen LogP contribution in [0.4, 0.5) is 4.39 Å². The molecule has 1 aromatic carbocycles. The van der Waals surface area contributed by atoms with Gasteiger partial charge in [0.25, 0.3) is 0 Å². The van der Waals surface area contributed by atoms with Gasteiger partial charge in [0, 0.05) is 5.56 Å². The second-order valence-corrected chi connectivity index (χ2v) is 3.53. The van der Waals surface area contributed by atoms with E-state index in [2.05, 4.69) is 15.9 Å². The second kappa shape index (κ2) is 4.99. The van der Waals surface area contributed by atoms with Crippen molar-refractivity contribution in [2.75, 3.05) is 14.2 Å². The fraction of sp³-hybridized carbons (Fsp3) is 0.300. The maximum atomic E-state index is 13.4. The molecule has 0 N–H and O–H groups in total. The SMILES string of the molecule is COc1c(F)cc(CC#N)c(OC)c1Br. The van der Waals surface area contributed by atoms with Gasteiger partial charge in [-0.05, 0) is 22.0 Å². The van der Waals surface area contributed by atoms with E-state index in [0.717, 1.165) is 0 Å². The maximum absolute atomic E-state index is 13.4. The van der Waals surface area contributed by atoms with Crippen LogP contribution in [0.5, 0.6) is 11.5 Å². The van der Waals surface area contributed by atoms with Gasteiger partial charge in [0.05, 0.1) is 26.7 Å². The van der Waals surface area contributed by atoms with E-state index in [9.17, 15) is 4.39 Å². The monoisotopic (exact) mass is 273 g/mol. The van der Waals surface area contributed by atoms with Gasteiger partial charge in [-0.3, -0.25) is 0 Å². The van der Waals surface area contributed by atoms with Crippen LogP contribution < -0.4 is 9.47 Å². The van der Waals surface area contributed by atoms with E-state index in [4.69, 9.17) is 14.7 Å². The van der Waals surface area contributed by atoms with E-state index in [1.54, 1.807) is 0 Å². The number of hydrogen-bond donors (Lipinski definition) is 0. The number of halogens is 2. The Labute approximate surface area is 95.5 Å². The molecule has 1 rings (SSSR count). The van der Waals surface area contributed by atoms with Gasteiger partial charge in [-0.1, -0.05) is 0 Å². The first-order valence-corrected chi connectivity index (χ1v) is 4.90. The summed E-state index contributed by atoms with van der Waals surface area (Å²) in [4.78, 5) is 0. The van der Waals surface area contributed by atoms with Gasteiger partial charge in [0.1, 0.15) is 10.2 Å². The topological polar surface area (TPSA) is 42.2 Å². The predicted octanol–water partition coefficient (Wildman–Crippen LogP) is 2.67. The summed E-state index contributed by atoms with van der Waals surface area (Å²) in [6, 6.07) is 3.18. The molecule has 3 nitrogen and oxygen atoms in total. The van der Waals surface area contributed by atoms with Crippen molar-refractivity contribution in [1.29, 1.82) is 5.26 Å². The number of nitriles is 1. The number of nitrogens with zero attached hydrogens (tertiary/aromatic N) is 1. The predicted molar refractivity (Wildman–Crippen MR) is 56.5 cm³/mol. The van der Waals surface area contributed by atoms with Crippen molar-refractivity contribution in [1.82, 2.24) is 0 Å². The molecule has 15 heavy (non-hydrogen) atoms. The minimum atomic E-state index is -0.518. The smallest absolute Gasteiger partial charge is 0.172 e. The largest absolute Gasteiger partial charge is 0.495 e. The van der Waals surface area contributed by atoms with Gasteiger partial charge in [0.15, 0.2) is 11.6 Å². The normalized spacial score (nSPS) is 9.53. The molecular formula is C10H9BrFNO2. The Morgan fingerprint density at radius 3 is 2.47 bits per heavy atom. The fourth-order valence-corrected chi connectivity index (χ4v) is 2.03. The highest BCUT2D eigenvalue weighted by molar-refractivity contribution is 9.10. The Morgan fingerprint density at radius 2 is 2.00 bits per heavy atom. The lowest BCUT2D eigenvalue weighted by molar-refractivity contribution is 0.367. The first-order valence-electron chi connectivity index (χ1n) is 4.11. The van der Waals surface area contributed by atoms with Gasteiger partial charge in [-0.15, -0.1) is 0 Å². The number of rotatable bonds is 3. The number of ether oxygens (including phenoxy) is 2. The Hall–Kier alpha value is -1.28. The van der Waals surface area contributed by atoms with Crippen molar-refractivity contribution >= 4 is 15.9 Å². The molecule has 0 aliphatic rings. The highest BCUT2D eigenvalue weighted by Gasteiger charge is 2.17. The summed E-state index contributed by atoms with van der Waals surface area (Å²) in [5.41, 5.74) is 0.491. The van der Waals surface area contributed by atoms with E-state index in [1.165, 1.54) is 20.3 Å². The van der Waals surface area contributed by atoms with Crippen molar-refractivity contribution in [3.63, 3.8) is 0 Å². The van der Waals surface area contributed by atoms with Crippen LogP contribution >= 0.6 is 15.9 Å². The average Bonchev–Trinajstić information content (AvgIpc) is 2.19. The lowest BCUT2D eigenvalue weighted by Gasteiger charge is -2.12.